The number of aromatic nitrogens is 2. The first kappa shape index (κ1) is 24.8. The van der Waals surface area contributed by atoms with E-state index in [4.69, 9.17) is 21.1 Å². The Hall–Kier alpha value is -3.85. The second-order valence-electron chi connectivity index (χ2n) is 7.17. The smallest absolute Gasteiger partial charge is 0.290 e. The van der Waals surface area contributed by atoms with Crippen molar-refractivity contribution in [2.24, 2.45) is 0 Å². The summed E-state index contributed by atoms with van der Waals surface area (Å²) >= 11 is 6.24. The van der Waals surface area contributed by atoms with Crippen LogP contribution in [0.25, 0.3) is 16.8 Å². The van der Waals surface area contributed by atoms with E-state index in [1.165, 1.54) is 23.9 Å². The van der Waals surface area contributed by atoms with Crippen molar-refractivity contribution in [3.63, 3.8) is 0 Å². The van der Waals surface area contributed by atoms with Crippen molar-refractivity contribution in [2.45, 2.75) is 26.8 Å². The van der Waals surface area contributed by atoms with Crippen molar-refractivity contribution in [2.75, 3.05) is 13.7 Å². The van der Waals surface area contributed by atoms with E-state index in [9.17, 15) is 14.4 Å². The predicted octanol–water partition coefficient (Wildman–Crippen LogP) is 3.34. The quantitative estimate of drug-likeness (QED) is 0.374. The minimum atomic E-state index is -0.645. The number of hydrazine groups is 1. The molecule has 3 rings (SSSR count). The molecule has 178 valence electrons. The summed E-state index contributed by atoms with van der Waals surface area (Å²) in [6.07, 6.45) is 3.42. The molecule has 0 aliphatic carbocycles. The molecule has 0 saturated heterocycles. The summed E-state index contributed by atoms with van der Waals surface area (Å²) in [5, 5.41) is 5.32. The topological polar surface area (TPSA) is 112 Å². The van der Waals surface area contributed by atoms with Gasteiger partial charge in [0, 0.05) is 18.0 Å². The van der Waals surface area contributed by atoms with E-state index >= 15 is 0 Å². The molecule has 1 aromatic heterocycles. The number of fused-ring (bicyclic) bond motifs is 1. The first-order valence-corrected chi connectivity index (χ1v) is 11.1. The molecule has 0 fully saturated rings. The normalized spacial score (nSPS) is 10.9. The average Bonchev–Trinajstić information content (AvgIpc) is 2.84. The predicted molar refractivity (Wildman–Crippen MR) is 130 cm³/mol. The van der Waals surface area contributed by atoms with E-state index in [0.717, 1.165) is 0 Å². The lowest BCUT2D eigenvalue weighted by Gasteiger charge is -2.12. The molecule has 0 atom stereocenters. The molecule has 0 spiro atoms. The van der Waals surface area contributed by atoms with Crippen LogP contribution in [0.15, 0.2) is 47.3 Å². The number of hydrogen-bond acceptors (Lipinski definition) is 6. The van der Waals surface area contributed by atoms with Gasteiger partial charge >= 0.3 is 0 Å². The third-order valence-electron chi connectivity index (χ3n) is 4.79. The van der Waals surface area contributed by atoms with E-state index in [1.807, 2.05) is 13.8 Å². The van der Waals surface area contributed by atoms with Crippen molar-refractivity contribution >= 4 is 40.3 Å². The maximum absolute atomic E-state index is 12.8. The summed E-state index contributed by atoms with van der Waals surface area (Å²) < 4.78 is 12.0. The second-order valence-corrected chi connectivity index (χ2v) is 7.57. The van der Waals surface area contributed by atoms with Gasteiger partial charge in [-0.25, -0.2) is 4.68 Å². The molecule has 34 heavy (non-hydrogen) atoms. The van der Waals surface area contributed by atoms with Gasteiger partial charge in [-0.1, -0.05) is 36.7 Å². The number of nitrogens with one attached hydrogen (secondary N) is 2. The Labute approximate surface area is 201 Å². The Balaban J connectivity index is 1.75. The number of aryl methyl sites for hydroxylation is 1. The lowest BCUT2D eigenvalue weighted by Crippen LogP contribution is -2.42. The Morgan fingerprint density at radius 2 is 1.88 bits per heavy atom. The Morgan fingerprint density at radius 3 is 2.56 bits per heavy atom. The summed E-state index contributed by atoms with van der Waals surface area (Å²) in [6.45, 7) is 4.53. The number of halogens is 1. The Bertz CT molecular complexity index is 1300. The molecule has 0 bridgehead atoms. The van der Waals surface area contributed by atoms with Crippen molar-refractivity contribution in [1.82, 2.24) is 20.6 Å². The van der Waals surface area contributed by atoms with Crippen molar-refractivity contribution in [1.29, 1.82) is 0 Å². The highest BCUT2D eigenvalue weighted by atomic mass is 35.5. The van der Waals surface area contributed by atoms with Crippen LogP contribution in [0.3, 0.4) is 0 Å². The van der Waals surface area contributed by atoms with E-state index in [2.05, 4.69) is 16.0 Å². The zero-order valence-corrected chi connectivity index (χ0v) is 19.8. The van der Waals surface area contributed by atoms with Crippen LogP contribution in [-0.2, 0) is 11.3 Å². The molecule has 0 unspecified atom stereocenters. The maximum atomic E-state index is 12.8. The minimum absolute atomic E-state index is 0.0379. The number of benzene rings is 2. The van der Waals surface area contributed by atoms with Gasteiger partial charge in [0.25, 0.3) is 17.4 Å². The third kappa shape index (κ3) is 5.55. The number of nitrogens with zero attached hydrogens (tertiary/aromatic N) is 2. The fourth-order valence-electron chi connectivity index (χ4n) is 3.28. The van der Waals surface area contributed by atoms with E-state index in [0.29, 0.717) is 52.4 Å². The SMILES string of the molecule is CCCn1nc(C(=O)NNC(=O)/C=C/c2cc(Cl)c(OCC)c(OC)c2)c2ccccc2c1=O. The van der Waals surface area contributed by atoms with Crippen LogP contribution in [0.2, 0.25) is 5.02 Å². The Kier molecular flexibility index (Phi) is 8.26. The largest absolute Gasteiger partial charge is 0.493 e. The maximum Gasteiger partial charge on any atom is 0.290 e. The third-order valence-corrected chi connectivity index (χ3v) is 5.07. The van der Waals surface area contributed by atoms with Crippen LogP contribution in [0.5, 0.6) is 11.5 Å². The van der Waals surface area contributed by atoms with Crippen molar-refractivity contribution in [3.8, 4) is 11.5 Å². The molecule has 3 aromatic rings. The first-order chi connectivity index (χ1) is 16.4. The summed E-state index contributed by atoms with van der Waals surface area (Å²) in [4.78, 5) is 37.6. The van der Waals surface area contributed by atoms with E-state index in [-0.39, 0.29) is 11.3 Å². The van der Waals surface area contributed by atoms with E-state index in [1.54, 1.807) is 36.4 Å². The van der Waals surface area contributed by atoms with Gasteiger partial charge in [-0.3, -0.25) is 25.2 Å². The second kappa shape index (κ2) is 11.3. The molecule has 0 saturated carbocycles. The van der Waals surface area contributed by atoms with Crippen LogP contribution in [-0.4, -0.2) is 35.3 Å². The van der Waals surface area contributed by atoms with Gasteiger partial charge < -0.3 is 9.47 Å². The zero-order valence-electron chi connectivity index (χ0n) is 19.1. The first-order valence-electron chi connectivity index (χ1n) is 10.7. The van der Waals surface area contributed by atoms with Crippen LogP contribution < -0.4 is 25.9 Å². The standard InChI is InChI=1S/C24H25ClN4O5/c1-4-12-29-24(32)17-9-7-6-8-16(17)21(28-29)23(31)27-26-20(30)11-10-15-13-18(25)22(34-5-2)19(14-15)33-3/h6-11,13-14H,4-5,12H2,1-3H3,(H,26,30)(H,27,31)/b11-10+. The number of ether oxygens (including phenoxy) is 2. The monoisotopic (exact) mass is 484 g/mol. The van der Waals surface area contributed by atoms with Gasteiger partial charge in [0.2, 0.25) is 0 Å². The molecule has 2 aromatic carbocycles. The summed E-state index contributed by atoms with van der Waals surface area (Å²) in [6, 6.07) is 10.0. The molecule has 0 aliphatic heterocycles. The van der Waals surface area contributed by atoms with Gasteiger partial charge in [0.1, 0.15) is 0 Å². The molecule has 2 N–H and O–H groups in total. The molecule has 0 radical (unpaired) electrons. The minimum Gasteiger partial charge on any atom is -0.493 e. The van der Waals surface area contributed by atoms with E-state index < -0.39 is 11.8 Å². The number of hydrogen-bond donors (Lipinski definition) is 2. The van der Waals surface area contributed by atoms with Crippen molar-refractivity contribution < 1.29 is 19.1 Å². The van der Waals surface area contributed by atoms with Gasteiger partial charge in [-0.2, -0.15) is 5.10 Å². The highest BCUT2D eigenvalue weighted by Crippen LogP contribution is 2.36. The van der Waals surface area contributed by atoms with Gasteiger partial charge in [0.15, 0.2) is 17.2 Å². The van der Waals surface area contributed by atoms with Crippen LogP contribution >= 0.6 is 11.6 Å². The lowest BCUT2D eigenvalue weighted by molar-refractivity contribution is -0.117. The average molecular weight is 485 g/mol. The number of rotatable bonds is 8. The number of carbonyl (C=O) groups is 2. The Morgan fingerprint density at radius 1 is 1.15 bits per heavy atom. The van der Waals surface area contributed by atoms with Crippen LogP contribution in [0.4, 0.5) is 0 Å². The fraction of sp³-hybridized carbons (Fsp3) is 0.250. The summed E-state index contributed by atoms with van der Waals surface area (Å²) in [5.74, 6) is -0.371. The van der Waals surface area contributed by atoms with Crippen LogP contribution in [0, 0.1) is 0 Å². The molecule has 9 nitrogen and oxygen atoms in total. The van der Waals surface area contributed by atoms with Crippen molar-refractivity contribution in [3.05, 3.63) is 69.1 Å². The molecular formula is C24H25ClN4O5. The highest BCUT2D eigenvalue weighted by molar-refractivity contribution is 6.32. The molecule has 0 aliphatic rings. The highest BCUT2D eigenvalue weighted by Gasteiger charge is 2.17. The van der Waals surface area contributed by atoms with Crippen LogP contribution in [0.1, 0.15) is 36.3 Å². The van der Waals surface area contributed by atoms with Gasteiger partial charge in [-0.15, -0.1) is 0 Å². The number of amides is 2. The van der Waals surface area contributed by atoms with Gasteiger partial charge in [0.05, 0.1) is 24.1 Å². The van der Waals surface area contributed by atoms with Gasteiger partial charge in [-0.05, 0) is 43.2 Å². The summed E-state index contributed by atoms with van der Waals surface area (Å²) in [5.41, 5.74) is 5.02. The molecule has 2 amide bonds. The fourth-order valence-corrected chi connectivity index (χ4v) is 3.55. The molecular weight excluding hydrogens is 460 g/mol. The lowest BCUT2D eigenvalue weighted by atomic mass is 10.1. The zero-order chi connectivity index (χ0) is 24.7. The molecule has 1 heterocycles. The summed E-state index contributed by atoms with van der Waals surface area (Å²) in [7, 11) is 1.49. The molecule has 10 heteroatoms. The number of methoxy groups -OCH3 is 1. The number of carbonyl (C=O) groups excluding carboxylic acids is 2.